The molecule has 2 nitrogen and oxygen atoms in total. The molecule has 11 heavy (non-hydrogen) atoms. The van der Waals surface area contributed by atoms with E-state index in [1.807, 2.05) is 0 Å². The lowest BCUT2D eigenvalue weighted by molar-refractivity contribution is -0.109. The summed E-state index contributed by atoms with van der Waals surface area (Å²) in [4.78, 5) is 9.90. The van der Waals surface area contributed by atoms with Crippen LogP contribution in [-0.4, -0.2) is 13.0 Å². The van der Waals surface area contributed by atoms with Gasteiger partial charge < -0.3 is 5.32 Å². The van der Waals surface area contributed by atoms with E-state index >= 15 is 0 Å². The first-order valence-corrected chi connectivity index (χ1v) is 3.96. The minimum absolute atomic E-state index is 0.743. The van der Waals surface area contributed by atoms with Crippen LogP contribution in [0, 0.1) is 0 Å². The number of nitrogens with one attached hydrogen (secondary N) is 1. The predicted octanol–water partition coefficient (Wildman–Crippen LogP) is 1.40. The molecule has 0 aromatic rings. The average Bonchev–Trinajstić information content (AvgIpc) is 2.07. The van der Waals surface area contributed by atoms with Crippen LogP contribution >= 0.6 is 0 Å². The minimum atomic E-state index is 0.743. The van der Waals surface area contributed by atoms with Gasteiger partial charge in [-0.1, -0.05) is 23.8 Å². The van der Waals surface area contributed by atoms with Crippen molar-refractivity contribution in [2.75, 3.05) is 6.54 Å². The van der Waals surface area contributed by atoms with Crippen molar-refractivity contribution in [1.82, 2.24) is 5.32 Å². The fraction of sp³-hybridized carbons (Fsp3) is 0.444. The summed E-state index contributed by atoms with van der Waals surface area (Å²) in [5, 5.41) is 2.64. The molecule has 0 atom stereocenters. The highest BCUT2D eigenvalue weighted by molar-refractivity contribution is 5.45. The van der Waals surface area contributed by atoms with Gasteiger partial charge in [-0.2, -0.15) is 0 Å². The molecule has 0 radical (unpaired) electrons. The molecule has 2 heteroatoms. The maximum atomic E-state index is 9.90. The van der Waals surface area contributed by atoms with E-state index < -0.39 is 0 Å². The third kappa shape index (κ3) is 3.03. The van der Waals surface area contributed by atoms with E-state index in [1.165, 1.54) is 5.57 Å². The Bertz CT molecular complexity index is 182. The SMILES string of the molecule is O=CNCCC1=CCCC=C1. The summed E-state index contributed by atoms with van der Waals surface area (Å²) >= 11 is 0. The van der Waals surface area contributed by atoms with E-state index in [0.29, 0.717) is 0 Å². The molecular weight excluding hydrogens is 138 g/mol. The molecule has 1 rings (SSSR count). The first-order valence-electron chi connectivity index (χ1n) is 3.96. The van der Waals surface area contributed by atoms with Crippen LogP contribution < -0.4 is 5.32 Å². The van der Waals surface area contributed by atoms with Crippen LogP contribution in [0.2, 0.25) is 0 Å². The molecule has 60 valence electrons. The Morgan fingerprint density at radius 2 is 2.45 bits per heavy atom. The molecule has 0 aromatic heterocycles. The molecule has 0 saturated heterocycles. The second-order valence-electron chi connectivity index (χ2n) is 2.58. The van der Waals surface area contributed by atoms with Crippen LogP contribution in [0.15, 0.2) is 23.8 Å². The molecule has 0 aromatic carbocycles. The number of rotatable bonds is 4. The van der Waals surface area contributed by atoms with Crippen molar-refractivity contribution in [1.29, 1.82) is 0 Å². The average molecular weight is 151 g/mol. The van der Waals surface area contributed by atoms with Gasteiger partial charge in [0.25, 0.3) is 0 Å². The molecule has 0 saturated carbocycles. The number of carbonyl (C=O) groups is 1. The van der Waals surface area contributed by atoms with Gasteiger partial charge in [-0.15, -0.1) is 0 Å². The van der Waals surface area contributed by atoms with Crippen molar-refractivity contribution in [3.05, 3.63) is 23.8 Å². The smallest absolute Gasteiger partial charge is 0.207 e. The van der Waals surface area contributed by atoms with Crippen LogP contribution in [0.5, 0.6) is 0 Å². The van der Waals surface area contributed by atoms with E-state index in [9.17, 15) is 4.79 Å². The third-order valence-corrected chi connectivity index (χ3v) is 1.71. The second-order valence-corrected chi connectivity index (χ2v) is 2.58. The molecule has 0 heterocycles. The molecule has 0 fully saturated rings. The summed E-state index contributed by atoms with van der Waals surface area (Å²) in [5.74, 6) is 0. The van der Waals surface area contributed by atoms with Crippen molar-refractivity contribution >= 4 is 6.41 Å². The number of carbonyl (C=O) groups excluding carboxylic acids is 1. The van der Waals surface area contributed by atoms with E-state index in [2.05, 4.69) is 23.5 Å². The zero-order valence-electron chi connectivity index (χ0n) is 6.55. The number of hydrogen-bond acceptors (Lipinski definition) is 1. The molecule has 1 amide bonds. The zero-order chi connectivity index (χ0) is 7.94. The second kappa shape index (κ2) is 4.72. The maximum Gasteiger partial charge on any atom is 0.207 e. The van der Waals surface area contributed by atoms with Crippen LogP contribution in [0.3, 0.4) is 0 Å². The standard InChI is InChI=1S/C9H13NO/c11-8-10-7-6-9-4-2-1-3-5-9/h2,4-5,8H,1,3,6-7H2,(H,10,11). The Labute approximate surface area is 67.0 Å². The van der Waals surface area contributed by atoms with Gasteiger partial charge in [0.15, 0.2) is 0 Å². The fourth-order valence-corrected chi connectivity index (χ4v) is 1.13. The first kappa shape index (κ1) is 8.05. The molecule has 0 spiro atoms. The van der Waals surface area contributed by atoms with Gasteiger partial charge in [0.1, 0.15) is 0 Å². The molecule has 0 aliphatic heterocycles. The summed E-state index contributed by atoms with van der Waals surface area (Å²) in [5.41, 5.74) is 1.34. The minimum Gasteiger partial charge on any atom is -0.358 e. The lowest BCUT2D eigenvalue weighted by atomic mass is 10.0. The monoisotopic (exact) mass is 151 g/mol. The van der Waals surface area contributed by atoms with Crippen LogP contribution in [-0.2, 0) is 4.79 Å². The summed E-state index contributed by atoms with van der Waals surface area (Å²) in [6.07, 6.45) is 10.5. The Morgan fingerprint density at radius 1 is 1.55 bits per heavy atom. The van der Waals surface area contributed by atoms with Gasteiger partial charge in [0, 0.05) is 6.54 Å². The van der Waals surface area contributed by atoms with E-state index in [-0.39, 0.29) is 0 Å². The number of hydrogen-bond donors (Lipinski definition) is 1. The van der Waals surface area contributed by atoms with Gasteiger partial charge >= 0.3 is 0 Å². The predicted molar refractivity (Wildman–Crippen MR) is 45.1 cm³/mol. The third-order valence-electron chi connectivity index (χ3n) is 1.71. The zero-order valence-corrected chi connectivity index (χ0v) is 6.55. The van der Waals surface area contributed by atoms with Gasteiger partial charge in [0.2, 0.25) is 6.41 Å². The quantitative estimate of drug-likeness (QED) is 0.477. The molecule has 0 unspecified atom stereocenters. The van der Waals surface area contributed by atoms with Crippen molar-refractivity contribution in [3.8, 4) is 0 Å². The lowest BCUT2D eigenvalue weighted by Crippen LogP contribution is -2.12. The molecule has 1 aliphatic carbocycles. The summed E-state index contributed by atoms with van der Waals surface area (Å²) in [6.45, 7) is 0.750. The van der Waals surface area contributed by atoms with E-state index in [1.54, 1.807) is 0 Å². The van der Waals surface area contributed by atoms with Crippen LogP contribution in [0.4, 0.5) is 0 Å². The van der Waals surface area contributed by atoms with Crippen LogP contribution in [0.1, 0.15) is 19.3 Å². The van der Waals surface area contributed by atoms with Crippen molar-refractivity contribution in [3.63, 3.8) is 0 Å². The highest BCUT2D eigenvalue weighted by Gasteiger charge is 1.95. The molecule has 0 bridgehead atoms. The van der Waals surface area contributed by atoms with Gasteiger partial charge in [-0.25, -0.2) is 0 Å². The van der Waals surface area contributed by atoms with Gasteiger partial charge in [-0.05, 0) is 19.3 Å². The highest BCUT2D eigenvalue weighted by Crippen LogP contribution is 2.11. The normalized spacial score (nSPS) is 15.8. The summed E-state index contributed by atoms with van der Waals surface area (Å²) in [7, 11) is 0. The summed E-state index contributed by atoms with van der Waals surface area (Å²) in [6, 6.07) is 0. The fourth-order valence-electron chi connectivity index (χ4n) is 1.13. The van der Waals surface area contributed by atoms with Crippen LogP contribution in [0.25, 0.3) is 0 Å². The van der Waals surface area contributed by atoms with Gasteiger partial charge in [-0.3, -0.25) is 4.79 Å². The molecular formula is C9H13NO. The lowest BCUT2D eigenvalue weighted by Gasteiger charge is -2.05. The molecule has 1 N–H and O–H groups in total. The summed E-state index contributed by atoms with van der Waals surface area (Å²) < 4.78 is 0. The highest BCUT2D eigenvalue weighted by atomic mass is 16.1. The first-order chi connectivity index (χ1) is 5.43. The van der Waals surface area contributed by atoms with Crippen molar-refractivity contribution in [2.45, 2.75) is 19.3 Å². The Morgan fingerprint density at radius 3 is 3.09 bits per heavy atom. The van der Waals surface area contributed by atoms with Gasteiger partial charge in [0.05, 0.1) is 0 Å². The largest absolute Gasteiger partial charge is 0.358 e. The van der Waals surface area contributed by atoms with Crippen molar-refractivity contribution < 1.29 is 4.79 Å². The number of allylic oxidation sites excluding steroid dienone is 3. The van der Waals surface area contributed by atoms with E-state index in [0.717, 1.165) is 32.2 Å². The molecule has 1 aliphatic rings. The Balaban J connectivity index is 2.20. The van der Waals surface area contributed by atoms with E-state index in [4.69, 9.17) is 0 Å². The van der Waals surface area contributed by atoms with Crippen molar-refractivity contribution in [2.24, 2.45) is 0 Å². The maximum absolute atomic E-state index is 9.90. The number of amides is 1. The Hall–Kier alpha value is -1.05. The Kier molecular flexibility index (Phi) is 3.45. The topological polar surface area (TPSA) is 29.1 Å².